The fraction of sp³-hybridized carbons (Fsp3) is 0.379. The number of pyridine rings is 1. The van der Waals surface area contributed by atoms with Crippen molar-refractivity contribution in [1.29, 1.82) is 0 Å². The second-order valence-corrected chi connectivity index (χ2v) is 10.5. The number of aromatic nitrogens is 4. The van der Waals surface area contributed by atoms with Crippen molar-refractivity contribution in [2.75, 3.05) is 75.1 Å². The molecule has 0 saturated carbocycles. The smallest absolute Gasteiger partial charge is 0.323 e. The lowest BCUT2D eigenvalue weighted by molar-refractivity contribution is 0.122. The number of carbonyl (C=O) groups excluding carboxylic acids is 1. The van der Waals surface area contributed by atoms with E-state index in [-0.39, 0.29) is 6.03 Å². The SMILES string of the molecule is Cc1cc2c(N3CCOCC3)nc(-c3ccc(NC(=O)Nc4ccc(CN5CCN(C)CC5)nc4)cc3)nn2c1. The summed E-state index contributed by atoms with van der Waals surface area (Å²) >= 11 is 0. The number of hydrogen-bond acceptors (Lipinski definition) is 8. The van der Waals surface area contributed by atoms with E-state index in [1.807, 2.05) is 47.1 Å². The molecule has 0 spiro atoms. The molecule has 2 amide bonds. The lowest BCUT2D eigenvalue weighted by Crippen LogP contribution is -2.43. The van der Waals surface area contributed by atoms with Crippen LogP contribution in [0, 0.1) is 6.92 Å². The van der Waals surface area contributed by atoms with E-state index in [1.165, 1.54) is 0 Å². The molecule has 2 saturated heterocycles. The minimum absolute atomic E-state index is 0.323. The highest BCUT2D eigenvalue weighted by molar-refractivity contribution is 5.99. The Kier molecular flexibility index (Phi) is 7.58. The molecule has 0 atom stereocenters. The van der Waals surface area contributed by atoms with Crippen LogP contribution in [0.3, 0.4) is 0 Å². The number of likely N-dealkylation sites (N-methyl/N-ethyl adjacent to an activating group) is 1. The number of morpholine rings is 1. The van der Waals surface area contributed by atoms with Crippen LogP contribution in [-0.4, -0.2) is 94.9 Å². The minimum atomic E-state index is -0.323. The van der Waals surface area contributed by atoms with Gasteiger partial charge in [-0.05, 0) is 62.0 Å². The summed E-state index contributed by atoms with van der Waals surface area (Å²) in [7, 11) is 2.15. The van der Waals surface area contributed by atoms with Gasteiger partial charge in [0.25, 0.3) is 0 Å². The second kappa shape index (κ2) is 11.6. The van der Waals surface area contributed by atoms with Gasteiger partial charge in [-0.1, -0.05) is 0 Å². The van der Waals surface area contributed by atoms with Gasteiger partial charge in [-0.25, -0.2) is 14.3 Å². The lowest BCUT2D eigenvalue weighted by Gasteiger charge is -2.32. The number of nitrogens with one attached hydrogen (secondary N) is 2. The highest BCUT2D eigenvalue weighted by Gasteiger charge is 2.19. The van der Waals surface area contributed by atoms with Gasteiger partial charge < -0.3 is 25.2 Å². The van der Waals surface area contributed by atoms with Crippen molar-refractivity contribution in [3.8, 4) is 11.4 Å². The molecule has 11 nitrogen and oxygen atoms in total. The number of urea groups is 1. The van der Waals surface area contributed by atoms with Crippen LogP contribution in [0.5, 0.6) is 0 Å². The van der Waals surface area contributed by atoms with Gasteiger partial charge in [-0.15, -0.1) is 5.10 Å². The molecule has 5 heterocycles. The van der Waals surface area contributed by atoms with Gasteiger partial charge >= 0.3 is 6.03 Å². The Bertz CT molecular complexity index is 1460. The standard InChI is InChI=1S/C29H35N9O2/c1-21-17-26-28(37-13-15-40-16-14-37)33-27(34-38(26)19-21)22-3-5-23(6-4-22)31-29(39)32-24-7-8-25(30-18-24)20-36-11-9-35(2)10-12-36/h3-8,17-19H,9-16,20H2,1-2H3,(H2,31,32,39). The van der Waals surface area contributed by atoms with Crippen LogP contribution in [0.15, 0.2) is 54.9 Å². The van der Waals surface area contributed by atoms with Gasteiger partial charge in [-0.2, -0.15) is 0 Å². The van der Waals surface area contributed by atoms with Crippen LogP contribution >= 0.6 is 0 Å². The molecule has 6 rings (SSSR count). The summed E-state index contributed by atoms with van der Waals surface area (Å²) in [6.45, 7) is 10.1. The van der Waals surface area contributed by atoms with Crippen LogP contribution in [0.4, 0.5) is 22.0 Å². The van der Waals surface area contributed by atoms with E-state index >= 15 is 0 Å². The zero-order valence-corrected chi connectivity index (χ0v) is 23.0. The molecule has 0 bridgehead atoms. The maximum Gasteiger partial charge on any atom is 0.323 e. The third-order valence-corrected chi connectivity index (χ3v) is 7.36. The van der Waals surface area contributed by atoms with E-state index in [4.69, 9.17) is 14.8 Å². The number of nitrogens with zero attached hydrogens (tertiary/aromatic N) is 7. The van der Waals surface area contributed by atoms with Crippen molar-refractivity contribution in [2.24, 2.45) is 0 Å². The maximum absolute atomic E-state index is 12.6. The molecule has 0 radical (unpaired) electrons. The third-order valence-electron chi connectivity index (χ3n) is 7.36. The number of hydrogen-bond donors (Lipinski definition) is 2. The van der Waals surface area contributed by atoms with E-state index in [0.717, 1.165) is 74.0 Å². The Balaban J connectivity index is 1.09. The van der Waals surface area contributed by atoms with Gasteiger partial charge in [0.2, 0.25) is 0 Å². The Morgan fingerprint density at radius 1 is 0.950 bits per heavy atom. The highest BCUT2D eigenvalue weighted by atomic mass is 16.5. The summed E-state index contributed by atoms with van der Waals surface area (Å²) in [5.41, 5.74) is 5.31. The molecule has 1 aromatic carbocycles. The van der Waals surface area contributed by atoms with Gasteiger partial charge in [0.1, 0.15) is 5.52 Å². The maximum atomic E-state index is 12.6. The number of carbonyl (C=O) groups is 1. The lowest BCUT2D eigenvalue weighted by atomic mass is 10.2. The average Bonchev–Trinajstić information content (AvgIpc) is 3.36. The number of piperazine rings is 1. The predicted molar refractivity (Wildman–Crippen MR) is 156 cm³/mol. The molecule has 2 aliphatic heterocycles. The normalized spacial score (nSPS) is 16.8. The topological polar surface area (TPSA) is 103 Å². The van der Waals surface area contributed by atoms with Crippen LogP contribution in [0.1, 0.15) is 11.3 Å². The predicted octanol–water partition coefficient (Wildman–Crippen LogP) is 3.33. The first-order valence-corrected chi connectivity index (χ1v) is 13.7. The fourth-order valence-electron chi connectivity index (χ4n) is 5.07. The molecule has 3 aromatic heterocycles. The first-order chi connectivity index (χ1) is 19.5. The van der Waals surface area contributed by atoms with Gasteiger partial charge in [0, 0.05) is 63.3 Å². The van der Waals surface area contributed by atoms with Gasteiger partial charge in [0.15, 0.2) is 11.6 Å². The molecule has 40 heavy (non-hydrogen) atoms. The molecule has 11 heteroatoms. The summed E-state index contributed by atoms with van der Waals surface area (Å²) in [4.78, 5) is 29.1. The molecule has 208 valence electrons. The highest BCUT2D eigenvalue weighted by Crippen LogP contribution is 2.26. The first-order valence-electron chi connectivity index (χ1n) is 13.7. The summed E-state index contributed by atoms with van der Waals surface area (Å²) in [6.07, 6.45) is 3.72. The first kappa shape index (κ1) is 26.2. The van der Waals surface area contributed by atoms with Crippen LogP contribution in [0.2, 0.25) is 0 Å². The molecule has 0 unspecified atom stereocenters. The van der Waals surface area contributed by atoms with Crippen LogP contribution in [-0.2, 0) is 11.3 Å². The minimum Gasteiger partial charge on any atom is -0.378 e. The number of fused-ring (bicyclic) bond motifs is 1. The zero-order chi connectivity index (χ0) is 27.5. The number of benzene rings is 1. The zero-order valence-electron chi connectivity index (χ0n) is 23.0. The third kappa shape index (κ3) is 6.06. The van der Waals surface area contributed by atoms with E-state index < -0.39 is 0 Å². The summed E-state index contributed by atoms with van der Waals surface area (Å²) in [5, 5.41) is 10.5. The van der Waals surface area contributed by atoms with Crippen molar-refractivity contribution >= 4 is 28.7 Å². The Labute approximate surface area is 233 Å². The molecule has 2 fully saturated rings. The fourth-order valence-corrected chi connectivity index (χ4v) is 5.07. The van der Waals surface area contributed by atoms with Crippen molar-refractivity contribution in [3.63, 3.8) is 0 Å². The summed E-state index contributed by atoms with van der Waals surface area (Å²) < 4.78 is 7.43. The van der Waals surface area contributed by atoms with E-state index in [0.29, 0.717) is 30.4 Å². The number of amides is 2. The molecule has 2 aliphatic rings. The van der Waals surface area contributed by atoms with E-state index in [9.17, 15) is 4.79 Å². The summed E-state index contributed by atoms with van der Waals surface area (Å²) in [5.74, 6) is 1.54. The largest absolute Gasteiger partial charge is 0.378 e. The van der Waals surface area contributed by atoms with Gasteiger partial charge in [0.05, 0.1) is 30.8 Å². The van der Waals surface area contributed by atoms with Crippen molar-refractivity contribution < 1.29 is 9.53 Å². The molecule has 4 aromatic rings. The molecular weight excluding hydrogens is 506 g/mol. The van der Waals surface area contributed by atoms with Crippen LogP contribution < -0.4 is 15.5 Å². The Morgan fingerprint density at radius 3 is 2.40 bits per heavy atom. The Morgan fingerprint density at radius 2 is 1.68 bits per heavy atom. The van der Waals surface area contributed by atoms with Crippen molar-refractivity contribution in [1.82, 2.24) is 29.4 Å². The van der Waals surface area contributed by atoms with Crippen LogP contribution in [0.25, 0.3) is 16.9 Å². The van der Waals surface area contributed by atoms with E-state index in [2.05, 4.69) is 50.4 Å². The molecular formula is C29H35N9O2. The Hall–Kier alpha value is -4.06. The van der Waals surface area contributed by atoms with Crippen molar-refractivity contribution in [2.45, 2.75) is 13.5 Å². The second-order valence-electron chi connectivity index (χ2n) is 10.5. The number of rotatable bonds is 6. The molecule has 0 aliphatic carbocycles. The number of ether oxygens (including phenoxy) is 1. The molecule has 2 N–H and O–H groups in total. The monoisotopic (exact) mass is 541 g/mol. The van der Waals surface area contributed by atoms with E-state index in [1.54, 1.807) is 6.20 Å². The quantitative estimate of drug-likeness (QED) is 0.383. The number of aryl methyl sites for hydroxylation is 1. The van der Waals surface area contributed by atoms with Crippen molar-refractivity contribution in [3.05, 3.63) is 66.1 Å². The summed E-state index contributed by atoms with van der Waals surface area (Å²) in [6, 6.07) is 13.2. The average molecular weight is 542 g/mol. The van der Waals surface area contributed by atoms with Gasteiger partial charge in [-0.3, -0.25) is 9.88 Å². The number of anilines is 3.